The van der Waals surface area contributed by atoms with E-state index < -0.39 is 23.8 Å². The molecular weight excluding hydrogens is 446 g/mol. The van der Waals surface area contributed by atoms with Crippen LogP contribution in [0.5, 0.6) is 0 Å². The number of fused-ring (bicyclic) bond motifs is 1. The molecule has 2 aliphatic heterocycles. The molecule has 0 spiro atoms. The number of piperidine rings is 1. The Morgan fingerprint density at radius 1 is 0.829 bits per heavy atom. The second kappa shape index (κ2) is 14.0. The molecule has 0 aromatic heterocycles. The maximum Gasteiger partial charge on any atom is 0.264 e. The predicted octanol–water partition coefficient (Wildman–Crippen LogP) is 4.17. The van der Waals surface area contributed by atoms with Gasteiger partial charge in [0, 0.05) is 25.3 Å². The molecule has 0 radical (unpaired) electrons. The van der Waals surface area contributed by atoms with Crippen molar-refractivity contribution < 1.29 is 24.3 Å². The number of nitrogens with one attached hydrogen (secondary N) is 2. The molecule has 1 saturated heterocycles. The van der Waals surface area contributed by atoms with Crippen LogP contribution in [0.3, 0.4) is 0 Å². The molecule has 192 valence electrons. The number of hydrogen-bond donors (Lipinski definition) is 3. The molecule has 0 aliphatic carbocycles. The minimum Gasteiger partial charge on any atom is -0.396 e. The number of anilines is 1. The molecule has 1 aromatic carbocycles. The Bertz CT molecular complexity index is 901. The van der Waals surface area contributed by atoms with E-state index in [-0.39, 0.29) is 18.7 Å². The van der Waals surface area contributed by atoms with Crippen LogP contribution in [0.15, 0.2) is 18.2 Å². The zero-order valence-corrected chi connectivity index (χ0v) is 20.7. The number of nitrogens with zero attached hydrogens (tertiary/aromatic N) is 1. The fraction of sp³-hybridized carbons (Fsp3) is 0.630. The summed E-state index contributed by atoms with van der Waals surface area (Å²) in [6.07, 6.45) is 14.5. The molecule has 0 saturated carbocycles. The van der Waals surface area contributed by atoms with Gasteiger partial charge in [0.05, 0.1) is 11.1 Å². The lowest BCUT2D eigenvalue weighted by Crippen LogP contribution is -2.54. The summed E-state index contributed by atoms with van der Waals surface area (Å²) < 4.78 is 0. The van der Waals surface area contributed by atoms with Crippen LogP contribution in [0.25, 0.3) is 0 Å². The highest BCUT2D eigenvalue weighted by Crippen LogP contribution is 2.32. The Labute approximate surface area is 207 Å². The molecule has 3 N–H and O–H groups in total. The van der Waals surface area contributed by atoms with Gasteiger partial charge < -0.3 is 10.4 Å². The van der Waals surface area contributed by atoms with Crippen molar-refractivity contribution in [1.29, 1.82) is 0 Å². The Morgan fingerprint density at radius 3 is 2.03 bits per heavy atom. The van der Waals surface area contributed by atoms with Gasteiger partial charge in [-0.1, -0.05) is 70.3 Å². The number of hydrogen-bond acceptors (Lipinski definition) is 6. The molecule has 1 fully saturated rings. The molecule has 3 rings (SSSR count). The minimum absolute atomic E-state index is 0.111. The van der Waals surface area contributed by atoms with Crippen molar-refractivity contribution in [3.63, 3.8) is 0 Å². The number of carbonyl (C=O) groups is 4. The third kappa shape index (κ3) is 7.37. The minimum atomic E-state index is -0.945. The maximum absolute atomic E-state index is 13.1. The Morgan fingerprint density at radius 2 is 1.43 bits per heavy atom. The lowest BCUT2D eigenvalue weighted by molar-refractivity contribution is -0.136. The number of carbonyl (C=O) groups excluding carboxylic acids is 4. The number of benzene rings is 1. The molecule has 8 heteroatoms. The van der Waals surface area contributed by atoms with Gasteiger partial charge >= 0.3 is 0 Å². The topological polar surface area (TPSA) is 116 Å². The number of rotatable bonds is 16. The molecule has 0 bridgehead atoms. The van der Waals surface area contributed by atoms with E-state index in [1.165, 1.54) is 51.4 Å². The summed E-state index contributed by atoms with van der Waals surface area (Å²) in [5.41, 5.74) is 1.24. The molecule has 2 heterocycles. The fourth-order valence-corrected chi connectivity index (χ4v) is 4.89. The number of amides is 4. The Balaban J connectivity index is 1.35. The van der Waals surface area contributed by atoms with Crippen LogP contribution in [-0.4, -0.2) is 52.8 Å². The van der Waals surface area contributed by atoms with Gasteiger partial charge in [-0.3, -0.25) is 29.4 Å². The Kier molecular flexibility index (Phi) is 10.7. The van der Waals surface area contributed by atoms with Crippen molar-refractivity contribution in [3.05, 3.63) is 29.3 Å². The highest BCUT2D eigenvalue weighted by atomic mass is 16.3. The highest BCUT2D eigenvalue weighted by Gasteiger charge is 2.45. The zero-order valence-electron chi connectivity index (χ0n) is 20.7. The molecule has 35 heavy (non-hydrogen) atoms. The molecule has 2 aliphatic rings. The van der Waals surface area contributed by atoms with Crippen LogP contribution in [0, 0.1) is 0 Å². The van der Waals surface area contributed by atoms with Gasteiger partial charge in [-0.2, -0.15) is 0 Å². The van der Waals surface area contributed by atoms with Crippen LogP contribution < -0.4 is 10.6 Å². The molecule has 1 atom stereocenters. The van der Waals surface area contributed by atoms with Crippen LogP contribution in [0.2, 0.25) is 0 Å². The second-order valence-electron chi connectivity index (χ2n) is 9.57. The summed E-state index contributed by atoms with van der Waals surface area (Å²) >= 11 is 0. The van der Waals surface area contributed by atoms with Crippen molar-refractivity contribution in [3.8, 4) is 0 Å². The standard InChI is InChI=1S/C27H39N3O5/c31-19-12-10-8-6-4-2-1-3-5-7-9-11-18-28-21-15-13-14-20-24(21)27(35)30(26(20)34)22-16-17-23(32)29-25(22)33/h13-15,22,28,31H,1-12,16-19H2,(H,29,32,33). The first-order valence-corrected chi connectivity index (χ1v) is 13.2. The zero-order chi connectivity index (χ0) is 25.0. The lowest BCUT2D eigenvalue weighted by Gasteiger charge is -2.27. The molecule has 1 unspecified atom stereocenters. The van der Waals surface area contributed by atoms with Gasteiger partial charge in [-0.25, -0.2) is 0 Å². The molecule has 1 aromatic rings. The summed E-state index contributed by atoms with van der Waals surface area (Å²) in [7, 11) is 0. The fourth-order valence-electron chi connectivity index (χ4n) is 4.89. The van der Waals surface area contributed by atoms with E-state index in [2.05, 4.69) is 10.6 Å². The summed E-state index contributed by atoms with van der Waals surface area (Å²) in [5, 5.41) is 14.3. The number of unbranched alkanes of at least 4 members (excludes halogenated alkanes) is 11. The van der Waals surface area contributed by atoms with E-state index in [1.807, 2.05) is 0 Å². The van der Waals surface area contributed by atoms with Crippen LogP contribution in [-0.2, 0) is 9.59 Å². The van der Waals surface area contributed by atoms with E-state index in [9.17, 15) is 19.2 Å². The quantitative estimate of drug-likeness (QED) is 0.239. The highest BCUT2D eigenvalue weighted by molar-refractivity contribution is 6.25. The van der Waals surface area contributed by atoms with Crippen LogP contribution in [0.1, 0.15) is 111 Å². The number of aliphatic hydroxyl groups is 1. The average Bonchev–Trinajstić information content (AvgIpc) is 3.10. The molecule has 4 amide bonds. The van der Waals surface area contributed by atoms with Gasteiger partial charge in [0.25, 0.3) is 11.8 Å². The van der Waals surface area contributed by atoms with Gasteiger partial charge in [0.15, 0.2) is 0 Å². The molecule has 8 nitrogen and oxygen atoms in total. The first-order chi connectivity index (χ1) is 17.0. The van der Waals surface area contributed by atoms with Crippen LogP contribution >= 0.6 is 0 Å². The first-order valence-electron chi connectivity index (χ1n) is 13.2. The van der Waals surface area contributed by atoms with E-state index in [0.29, 0.717) is 30.0 Å². The summed E-state index contributed by atoms with van der Waals surface area (Å²) in [4.78, 5) is 50.7. The van der Waals surface area contributed by atoms with Gasteiger partial charge in [0.1, 0.15) is 6.04 Å². The van der Waals surface area contributed by atoms with E-state index in [4.69, 9.17) is 5.11 Å². The Hall–Kier alpha value is -2.74. The van der Waals surface area contributed by atoms with E-state index in [1.54, 1.807) is 18.2 Å². The van der Waals surface area contributed by atoms with Crippen molar-refractivity contribution in [2.24, 2.45) is 0 Å². The molecular formula is C27H39N3O5. The monoisotopic (exact) mass is 485 g/mol. The largest absolute Gasteiger partial charge is 0.396 e. The van der Waals surface area contributed by atoms with Crippen molar-refractivity contribution in [2.75, 3.05) is 18.5 Å². The smallest absolute Gasteiger partial charge is 0.264 e. The van der Waals surface area contributed by atoms with Gasteiger partial charge in [0.2, 0.25) is 11.8 Å². The van der Waals surface area contributed by atoms with Gasteiger partial charge in [-0.15, -0.1) is 0 Å². The van der Waals surface area contributed by atoms with E-state index >= 15 is 0 Å². The van der Waals surface area contributed by atoms with Gasteiger partial charge in [-0.05, 0) is 31.4 Å². The number of imide groups is 2. The summed E-state index contributed by atoms with van der Waals surface area (Å²) in [6, 6.07) is 4.20. The first kappa shape index (κ1) is 26.9. The third-order valence-corrected chi connectivity index (χ3v) is 6.87. The lowest BCUT2D eigenvalue weighted by atomic mass is 10.0. The number of aliphatic hydroxyl groups excluding tert-OH is 1. The van der Waals surface area contributed by atoms with E-state index in [0.717, 1.165) is 30.6 Å². The summed E-state index contributed by atoms with van der Waals surface area (Å²) in [6.45, 7) is 1.02. The SMILES string of the molecule is O=C1CCC(N2C(=O)c3cccc(NCCCCCCCCCCCCCCO)c3C2=O)C(=O)N1. The maximum atomic E-state index is 13.1. The normalized spacial score (nSPS) is 17.6. The predicted molar refractivity (Wildman–Crippen MR) is 134 cm³/mol. The van der Waals surface area contributed by atoms with Crippen molar-refractivity contribution in [1.82, 2.24) is 10.2 Å². The third-order valence-electron chi connectivity index (χ3n) is 6.87. The van der Waals surface area contributed by atoms with Crippen LogP contribution in [0.4, 0.5) is 5.69 Å². The summed E-state index contributed by atoms with van der Waals surface area (Å²) in [5.74, 6) is -1.93. The second-order valence-corrected chi connectivity index (χ2v) is 9.57. The average molecular weight is 486 g/mol. The van der Waals surface area contributed by atoms with Crippen molar-refractivity contribution >= 4 is 29.3 Å². The van der Waals surface area contributed by atoms with Crippen molar-refractivity contribution in [2.45, 2.75) is 95.9 Å².